The van der Waals surface area contributed by atoms with Gasteiger partial charge < -0.3 is 14.7 Å². The molecule has 2 heterocycles. The predicted octanol–water partition coefficient (Wildman–Crippen LogP) is 1.19. The zero-order chi connectivity index (χ0) is 20.4. The highest BCUT2D eigenvalue weighted by Gasteiger charge is 2.38. The third-order valence-electron chi connectivity index (χ3n) is 4.76. The quantitative estimate of drug-likeness (QED) is 0.574. The third kappa shape index (κ3) is 3.69. The summed E-state index contributed by atoms with van der Waals surface area (Å²) in [5, 5.41) is 28.0. The van der Waals surface area contributed by atoms with Gasteiger partial charge >= 0.3 is 5.97 Å². The maximum atomic E-state index is 13.0. The normalized spacial score (nSPS) is 19.0. The molecule has 2 atom stereocenters. The molecule has 0 aliphatic carbocycles. The first-order valence-electron chi connectivity index (χ1n) is 8.54. The monoisotopic (exact) mass is 389 g/mol. The smallest absolute Gasteiger partial charge is 0.305 e. The van der Waals surface area contributed by atoms with E-state index in [1.54, 1.807) is 13.0 Å². The van der Waals surface area contributed by atoms with Crippen LogP contribution < -0.4 is 0 Å². The van der Waals surface area contributed by atoms with Crippen molar-refractivity contribution in [3.05, 3.63) is 45.8 Å². The molecule has 28 heavy (non-hydrogen) atoms. The van der Waals surface area contributed by atoms with Gasteiger partial charge in [0.2, 0.25) is 0 Å². The molecule has 2 unspecified atom stereocenters. The summed E-state index contributed by atoms with van der Waals surface area (Å²) in [6.45, 7) is 1.89. The van der Waals surface area contributed by atoms with E-state index in [4.69, 9.17) is 9.84 Å². The number of nitro groups is 1. The fourth-order valence-electron chi connectivity index (χ4n) is 3.33. The number of carboxylic acid groups (broad SMARTS) is 1. The van der Waals surface area contributed by atoms with Crippen molar-refractivity contribution >= 4 is 17.6 Å². The highest BCUT2D eigenvalue weighted by Crippen LogP contribution is 2.26. The van der Waals surface area contributed by atoms with E-state index >= 15 is 0 Å². The molecule has 1 aromatic carbocycles. The van der Waals surface area contributed by atoms with Crippen LogP contribution in [0.3, 0.4) is 0 Å². The van der Waals surface area contributed by atoms with Crippen molar-refractivity contribution in [1.29, 1.82) is 0 Å². The van der Waals surface area contributed by atoms with Crippen LogP contribution in [0.25, 0.3) is 5.69 Å². The number of hydrogen-bond acceptors (Lipinski definition) is 7. The van der Waals surface area contributed by atoms with Gasteiger partial charge in [-0.25, -0.2) is 4.68 Å². The number of hydrogen-bond donors (Lipinski definition) is 1. The molecule has 1 N–H and O–H groups in total. The Bertz CT molecular complexity index is 927. The van der Waals surface area contributed by atoms with Gasteiger partial charge in [0.15, 0.2) is 5.69 Å². The first-order valence-corrected chi connectivity index (χ1v) is 8.54. The molecule has 1 aliphatic heterocycles. The van der Waals surface area contributed by atoms with E-state index in [2.05, 4.69) is 10.3 Å². The van der Waals surface area contributed by atoms with Crippen molar-refractivity contribution in [3.8, 4) is 5.69 Å². The molecule has 1 amide bonds. The van der Waals surface area contributed by atoms with E-state index in [1.165, 1.54) is 34.9 Å². The largest absolute Gasteiger partial charge is 0.481 e. The van der Waals surface area contributed by atoms with Gasteiger partial charge in [0.25, 0.3) is 11.6 Å². The van der Waals surface area contributed by atoms with Gasteiger partial charge in [-0.3, -0.25) is 19.7 Å². The van der Waals surface area contributed by atoms with E-state index in [9.17, 15) is 19.7 Å². The Morgan fingerprint density at radius 3 is 2.82 bits per heavy atom. The molecule has 148 valence electrons. The number of likely N-dealkylation sites (tertiary alicyclic amines) is 1. The standard InChI is InChI=1S/C17H19N5O6/c1-10-16(17(25)20-9-14(28-2)7-13(20)8-15(23)24)18-19-21(10)11-4-3-5-12(6-11)22(26)27/h3-6,13-14H,7-9H2,1-2H3,(H,23,24). The number of aliphatic carboxylic acids is 1. The van der Waals surface area contributed by atoms with Crippen molar-refractivity contribution < 1.29 is 24.4 Å². The maximum Gasteiger partial charge on any atom is 0.305 e. The molecule has 0 spiro atoms. The van der Waals surface area contributed by atoms with Crippen LogP contribution >= 0.6 is 0 Å². The molecular weight excluding hydrogens is 370 g/mol. The number of amides is 1. The lowest BCUT2D eigenvalue weighted by Crippen LogP contribution is -2.38. The van der Waals surface area contributed by atoms with Crippen LogP contribution in [0.15, 0.2) is 24.3 Å². The Kier molecular flexibility index (Phi) is 5.36. The highest BCUT2D eigenvalue weighted by molar-refractivity contribution is 5.94. The molecule has 0 bridgehead atoms. The molecule has 1 aromatic heterocycles. The van der Waals surface area contributed by atoms with E-state index in [1.807, 2.05) is 0 Å². The molecule has 2 aromatic rings. The number of ether oxygens (including phenoxy) is 1. The Hall–Kier alpha value is -3.34. The zero-order valence-corrected chi connectivity index (χ0v) is 15.3. The summed E-state index contributed by atoms with van der Waals surface area (Å²) in [6.07, 6.45) is -0.0172. The topological polar surface area (TPSA) is 141 Å². The Morgan fingerprint density at radius 1 is 1.43 bits per heavy atom. The van der Waals surface area contributed by atoms with Crippen LogP contribution in [0, 0.1) is 17.0 Å². The zero-order valence-electron chi connectivity index (χ0n) is 15.3. The van der Waals surface area contributed by atoms with Gasteiger partial charge in [-0.05, 0) is 19.4 Å². The lowest BCUT2D eigenvalue weighted by Gasteiger charge is -2.22. The van der Waals surface area contributed by atoms with Crippen molar-refractivity contribution in [2.75, 3.05) is 13.7 Å². The molecular formula is C17H19N5O6. The van der Waals surface area contributed by atoms with Gasteiger partial charge in [-0.1, -0.05) is 11.3 Å². The second-order valence-electron chi connectivity index (χ2n) is 6.51. The summed E-state index contributed by atoms with van der Waals surface area (Å²) in [6, 6.07) is 5.32. The molecule has 3 rings (SSSR count). The number of aromatic nitrogens is 3. The Morgan fingerprint density at radius 2 is 2.18 bits per heavy atom. The summed E-state index contributed by atoms with van der Waals surface area (Å²) >= 11 is 0. The lowest BCUT2D eigenvalue weighted by atomic mass is 10.1. The van der Waals surface area contributed by atoms with Gasteiger partial charge in [-0.2, -0.15) is 0 Å². The van der Waals surface area contributed by atoms with Crippen molar-refractivity contribution in [1.82, 2.24) is 19.9 Å². The number of carbonyl (C=O) groups is 2. The van der Waals surface area contributed by atoms with Crippen molar-refractivity contribution in [2.45, 2.75) is 31.9 Å². The summed E-state index contributed by atoms with van der Waals surface area (Å²) < 4.78 is 6.63. The number of nitro benzene ring substituents is 1. The summed E-state index contributed by atoms with van der Waals surface area (Å²) in [7, 11) is 1.51. The number of benzene rings is 1. The number of carboxylic acids is 1. The van der Waals surface area contributed by atoms with Crippen molar-refractivity contribution in [2.24, 2.45) is 0 Å². The second kappa shape index (κ2) is 7.72. The SMILES string of the molecule is COC1CC(CC(=O)O)N(C(=O)c2nnn(-c3cccc([N+](=O)[O-])c3)c2C)C1. The summed E-state index contributed by atoms with van der Waals surface area (Å²) in [4.78, 5) is 36.0. The van der Waals surface area contributed by atoms with Crippen LogP contribution in [-0.4, -0.2) is 67.6 Å². The van der Waals surface area contributed by atoms with Crippen LogP contribution in [0.4, 0.5) is 5.69 Å². The predicted molar refractivity (Wildman–Crippen MR) is 95.2 cm³/mol. The summed E-state index contributed by atoms with van der Waals surface area (Å²) in [5.74, 6) is -1.45. The Balaban J connectivity index is 1.90. The average molecular weight is 389 g/mol. The number of rotatable bonds is 6. The minimum Gasteiger partial charge on any atom is -0.481 e. The van der Waals surface area contributed by atoms with E-state index < -0.39 is 22.8 Å². The van der Waals surface area contributed by atoms with Gasteiger partial charge in [0, 0.05) is 31.8 Å². The maximum absolute atomic E-state index is 13.0. The molecule has 11 nitrogen and oxygen atoms in total. The van der Waals surface area contributed by atoms with E-state index in [0.29, 0.717) is 17.8 Å². The van der Waals surface area contributed by atoms with E-state index in [0.717, 1.165) is 0 Å². The van der Waals surface area contributed by atoms with Crippen molar-refractivity contribution in [3.63, 3.8) is 0 Å². The van der Waals surface area contributed by atoms with Gasteiger partial charge in [0.05, 0.1) is 28.8 Å². The average Bonchev–Trinajstić information content (AvgIpc) is 3.24. The van der Waals surface area contributed by atoms with Crippen LogP contribution in [0.1, 0.15) is 29.0 Å². The minimum atomic E-state index is -1.00. The number of nitrogens with zero attached hydrogens (tertiary/aromatic N) is 5. The fourth-order valence-corrected chi connectivity index (χ4v) is 3.33. The van der Waals surface area contributed by atoms with Crippen LogP contribution in [0.5, 0.6) is 0 Å². The first kappa shape index (κ1) is 19.4. The second-order valence-corrected chi connectivity index (χ2v) is 6.51. The highest BCUT2D eigenvalue weighted by atomic mass is 16.6. The lowest BCUT2D eigenvalue weighted by molar-refractivity contribution is -0.384. The number of methoxy groups -OCH3 is 1. The van der Waals surface area contributed by atoms with Crippen LogP contribution in [-0.2, 0) is 9.53 Å². The first-order chi connectivity index (χ1) is 13.3. The third-order valence-corrected chi connectivity index (χ3v) is 4.76. The molecule has 1 fully saturated rings. The Labute approximate surface area is 159 Å². The van der Waals surface area contributed by atoms with Gasteiger partial charge in [-0.15, -0.1) is 5.10 Å². The molecule has 0 saturated carbocycles. The molecule has 0 radical (unpaired) electrons. The fraction of sp³-hybridized carbons (Fsp3) is 0.412. The molecule has 1 aliphatic rings. The molecule has 1 saturated heterocycles. The summed E-state index contributed by atoms with van der Waals surface area (Å²) in [5.41, 5.74) is 0.764. The van der Waals surface area contributed by atoms with E-state index in [-0.39, 0.29) is 30.5 Å². The minimum absolute atomic E-state index is 0.0682. The van der Waals surface area contributed by atoms with Gasteiger partial charge in [0.1, 0.15) is 0 Å². The molecule has 11 heteroatoms. The number of non-ortho nitro benzene ring substituents is 1. The number of carbonyl (C=O) groups excluding carboxylic acids is 1. The van der Waals surface area contributed by atoms with Crippen LogP contribution in [0.2, 0.25) is 0 Å².